The highest BCUT2D eigenvalue weighted by molar-refractivity contribution is 5.49. The van der Waals surface area contributed by atoms with E-state index < -0.39 is 0 Å². The summed E-state index contributed by atoms with van der Waals surface area (Å²) in [5.74, 6) is 0.657. The number of pyridine rings is 1. The second-order valence-corrected chi connectivity index (χ2v) is 2.64. The molecule has 0 spiro atoms. The lowest BCUT2D eigenvalue weighted by Gasteiger charge is -1.91. The van der Waals surface area contributed by atoms with Gasteiger partial charge in [0, 0.05) is 13.2 Å². The summed E-state index contributed by atoms with van der Waals surface area (Å²) in [6.45, 7) is 2.02. The molecule has 0 saturated carbocycles. The van der Waals surface area contributed by atoms with E-state index in [-0.39, 0.29) is 0 Å². The van der Waals surface area contributed by atoms with Crippen molar-refractivity contribution in [3.05, 3.63) is 23.9 Å². The number of aromatic nitrogens is 3. The number of nitrogens with one attached hydrogen (secondary N) is 1. The predicted octanol–water partition coefficient (Wildman–Crippen LogP) is 1.08. The van der Waals surface area contributed by atoms with Crippen LogP contribution < -0.4 is 5.32 Å². The Balaban J connectivity index is 2.74. The summed E-state index contributed by atoms with van der Waals surface area (Å²) in [5.41, 5.74) is 2.04. The van der Waals surface area contributed by atoms with Crippen LogP contribution >= 0.6 is 0 Å². The van der Waals surface area contributed by atoms with Crippen LogP contribution in [0.2, 0.25) is 0 Å². The van der Waals surface area contributed by atoms with Crippen molar-refractivity contribution >= 4 is 11.6 Å². The summed E-state index contributed by atoms with van der Waals surface area (Å²) in [4.78, 5) is 4.27. The van der Waals surface area contributed by atoms with E-state index in [2.05, 4.69) is 15.4 Å². The van der Waals surface area contributed by atoms with Crippen molar-refractivity contribution < 1.29 is 0 Å². The van der Waals surface area contributed by atoms with Crippen LogP contribution in [0.4, 0.5) is 5.95 Å². The van der Waals surface area contributed by atoms with E-state index in [1.54, 1.807) is 4.52 Å². The quantitative estimate of drug-likeness (QED) is 0.682. The Hall–Kier alpha value is -1.58. The number of aryl methyl sites for hydroxylation is 1. The Bertz CT molecular complexity index is 404. The first-order valence-corrected chi connectivity index (χ1v) is 3.81. The third-order valence-electron chi connectivity index (χ3n) is 1.78. The molecule has 2 heterocycles. The molecule has 2 aromatic heterocycles. The summed E-state index contributed by atoms with van der Waals surface area (Å²) in [5, 5.41) is 7.09. The second-order valence-electron chi connectivity index (χ2n) is 2.64. The van der Waals surface area contributed by atoms with Crippen LogP contribution in [0.5, 0.6) is 0 Å². The standard InChI is InChI=1S/C8H10N4/c1-6-4-3-5-12-7(6)10-8(9-2)11-12/h3-5H,1-2H3,(H,9,11). The van der Waals surface area contributed by atoms with Crippen LogP contribution in [0.25, 0.3) is 5.65 Å². The van der Waals surface area contributed by atoms with E-state index in [1.165, 1.54) is 0 Å². The molecule has 0 fully saturated rings. The molecule has 1 N–H and O–H groups in total. The average Bonchev–Trinajstić information content (AvgIpc) is 2.49. The summed E-state index contributed by atoms with van der Waals surface area (Å²) in [6.07, 6.45) is 1.89. The monoisotopic (exact) mass is 162 g/mol. The summed E-state index contributed by atoms with van der Waals surface area (Å²) >= 11 is 0. The summed E-state index contributed by atoms with van der Waals surface area (Å²) < 4.78 is 1.77. The van der Waals surface area contributed by atoms with Gasteiger partial charge in [-0.1, -0.05) is 6.07 Å². The van der Waals surface area contributed by atoms with Crippen LogP contribution in [0, 0.1) is 6.92 Å². The minimum Gasteiger partial charge on any atom is -0.356 e. The smallest absolute Gasteiger partial charge is 0.242 e. The van der Waals surface area contributed by atoms with E-state index in [0.29, 0.717) is 5.95 Å². The molecule has 0 aromatic carbocycles. The van der Waals surface area contributed by atoms with E-state index in [0.717, 1.165) is 11.2 Å². The molecule has 2 aromatic rings. The van der Waals surface area contributed by atoms with Crippen molar-refractivity contribution in [2.45, 2.75) is 6.92 Å². The maximum atomic E-state index is 4.27. The highest BCUT2D eigenvalue weighted by atomic mass is 15.3. The van der Waals surface area contributed by atoms with Gasteiger partial charge in [0.25, 0.3) is 0 Å². The van der Waals surface area contributed by atoms with Gasteiger partial charge in [0.05, 0.1) is 0 Å². The molecular formula is C8H10N4. The fourth-order valence-electron chi connectivity index (χ4n) is 1.15. The second kappa shape index (κ2) is 2.48. The van der Waals surface area contributed by atoms with E-state index in [4.69, 9.17) is 0 Å². The average molecular weight is 162 g/mol. The minimum atomic E-state index is 0.657. The molecule has 0 bridgehead atoms. The minimum absolute atomic E-state index is 0.657. The molecule has 62 valence electrons. The summed E-state index contributed by atoms with van der Waals surface area (Å²) in [6, 6.07) is 3.97. The normalized spacial score (nSPS) is 10.5. The first-order chi connectivity index (χ1) is 5.81. The number of hydrogen-bond donors (Lipinski definition) is 1. The highest BCUT2D eigenvalue weighted by Crippen LogP contribution is 2.08. The van der Waals surface area contributed by atoms with Crippen LogP contribution in [-0.2, 0) is 0 Å². The van der Waals surface area contributed by atoms with Gasteiger partial charge in [0.1, 0.15) is 0 Å². The third-order valence-corrected chi connectivity index (χ3v) is 1.78. The molecule has 0 atom stereocenters. The lowest BCUT2D eigenvalue weighted by molar-refractivity contribution is 0.958. The van der Waals surface area contributed by atoms with Crippen molar-refractivity contribution in [2.75, 3.05) is 12.4 Å². The Morgan fingerprint density at radius 2 is 2.33 bits per heavy atom. The number of hydrogen-bond acceptors (Lipinski definition) is 3. The molecule has 0 saturated heterocycles. The van der Waals surface area contributed by atoms with Gasteiger partial charge in [-0.05, 0) is 18.6 Å². The van der Waals surface area contributed by atoms with Gasteiger partial charge in [-0.15, -0.1) is 5.10 Å². The van der Waals surface area contributed by atoms with Crippen molar-refractivity contribution in [2.24, 2.45) is 0 Å². The third kappa shape index (κ3) is 0.922. The van der Waals surface area contributed by atoms with E-state index in [1.807, 2.05) is 32.3 Å². The zero-order valence-corrected chi connectivity index (χ0v) is 7.07. The summed E-state index contributed by atoms with van der Waals surface area (Å²) in [7, 11) is 1.81. The number of fused-ring (bicyclic) bond motifs is 1. The predicted molar refractivity (Wildman–Crippen MR) is 47.3 cm³/mol. The molecule has 0 aliphatic heterocycles. The maximum absolute atomic E-state index is 4.27. The van der Waals surface area contributed by atoms with Gasteiger partial charge in [0.15, 0.2) is 5.65 Å². The van der Waals surface area contributed by atoms with Gasteiger partial charge in [-0.3, -0.25) is 0 Å². The molecule has 12 heavy (non-hydrogen) atoms. The van der Waals surface area contributed by atoms with Gasteiger partial charge in [-0.25, -0.2) is 4.52 Å². The van der Waals surface area contributed by atoms with Crippen LogP contribution in [0.15, 0.2) is 18.3 Å². The van der Waals surface area contributed by atoms with Crippen molar-refractivity contribution in [1.29, 1.82) is 0 Å². The Kier molecular flexibility index (Phi) is 1.46. The molecule has 0 aliphatic rings. The first-order valence-electron chi connectivity index (χ1n) is 3.81. The molecule has 0 amide bonds. The Morgan fingerprint density at radius 1 is 1.50 bits per heavy atom. The number of anilines is 1. The van der Waals surface area contributed by atoms with Gasteiger partial charge in [0.2, 0.25) is 5.95 Å². The largest absolute Gasteiger partial charge is 0.356 e. The maximum Gasteiger partial charge on any atom is 0.242 e. The van der Waals surface area contributed by atoms with Gasteiger partial charge in [-0.2, -0.15) is 4.98 Å². The lowest BCUT2D eigenvalue weighted by Crippen LogP contribution is -1.90. The van der Waals surface area contributed by atoms with Crippen molar-refractivity contribution in [3.63, 3.8) is 0 Å². The van der Waals surface area contributed by atoms with Crippen molar-refractivity contribution in [3.8, 4) is 0 Å². The highest BCUT2D eigenvalue weighted by Gasteiger charge is 2.01. The zero-order valence-electron chi connectivity index (χ0n) is 7.07. The lowest BCUT2D eigenvalue weighted by atomic mass is 10.3. The number of rotatable bonds is 1. The topological polar surface area (TPSA) is 42.2 Å². The first kappa shape index (κ1) is 7.09. The molecule has 0 unspecified atom stereocenters. The van der Waals surface area contributed by atoms with Crippen LogP contribution in [-0.4, -0.2) is 21.6 Å². The van der Waals surface area contributed by atoms with Crippen molar-refractivity contribution in [1.82, 2.24) is 14.6 Å². The van der Waals surface area contributed by atoms with Crippen LogP contribution in [0.3, 0.4) is 0 Å². The molecule has 0 radical (unpaired) electrons. The molecular weight excluding hydrogens is 152 g/mol. The molecule has 0 aliphatic carbocycles. The fraction of sp³-hybridized carbons (Fsp3) is 0.250. The Morgan fingerprint density at radius 3 is 3.00 bits per heavy atom. The SMILES string of the molecule is CNc1nc2c(C)cccn2n1. The van der Waals surface area contributed by atoms with Gasteiger partial charge >= 0.3 is 0 Å². The molecule has 4 nitrogen and oxygen atoms in total. The van der Waals surface area contributed by atoms with Gasteiger partial charge < -0.3 is 5.32 Å². The Labute approximate surface area is 70.2 Å². The molecule has 4 heteroatoms. The fourth-order valence-corrected chi connectivity index (χ4v) is 1.15. The number of nitrogens with zero attached hydrogens (tertiary/aromatic N) is 3. The molecule has 2 rings (SSSR count). The van der Waals surface area contributed by atoms with E-state index >= 15 is 0 Å². The van der Waals surface area contributed by atoms with Crippen LogP contribution in [0.1, 0.15) is 5.56 Å². The zero-order chi connectivity index (χ0) is 8.55. The van der Waals surface area contributed by atoms with E-state index in [9.17, 15) is 0 Å².